The van der Waals surface area contributed by atoms with Gasteiger partial charge in [-0.3, -0.25) is 36.4 Å². The second kappa shape index (κ2) is 15.3. The average molecular weight is 1090 g/mol. The van der Waals surface area contributed by atoms with Crippen LogP contribution in [0.25, 0.3) is 44.0 Å². The molecule has 10 N–H and O–H groups in total. The van der Waals surface area contributed by atoms with Crippen molar-refractivity contribution in [3.63, 3.8) is 0 Å². The zero-order valence-electron chi connectivity index (χ0n) is 29.8. The average Bonchev–Trinajstić information content (AvgIpc) is 3.83. The smallest absolute Gasteiger partial charge is 0.298 e. The summed E-state index contributed by atoms with van der Waals surface area (Å²) in [6.45, 7) is 0. The summed E-state index contributed by atoms with van der Waals surface area (Å²) in [5, 5.41) is -4.71. The maximum absolute atomic E-state index is 13.9. The van der Waals surface area contributed by atoms with E-state index in [4.69, 9.17) is 0 Å². The van der Waals surface area contributed by atoms with Crippen LogP contribution in [0.15, 0.2) is 62.1 Å². The van der Waals surface area contributed by atoms with Crippen molar-refractivity contribution < 1.29 is 123 Å². The first-order valence-corrected chi connectivity index (χ1v) is 26.8. The maximum atomic E-state index is 13.9. The fraction of sp³-hybridized carbons (Fsp3) is 0.0769. The van der Waals surface area contributed by atoms with E-state index in [9.17, 15) is 104 Å². The normalized spacial score (nSPS) is 19.7. The van der Waals surface area contributed by atoms with Gasteiger partial charge in [-0.05, 0) is 54.6 Å². The largest absolute Gasteiger partial charge is 0.355 e. The molecule has 0 amide bonds. The van der Waals surface area contributed by atoms with Gasteiger partial charge in [0.2, 0.25) is 0 Å². The van der Waals surface area contributed by atoms with E-state index in [0.29, 0.717) is 6.07 Å². The van der Waals surface area contributed by atoms with E-state index in [0.717, 1.165) is 12.1 Å². The first kappa shape index (κ1) is 50.0. The first-order valence-electron chi connectivity index (χ1n) is 15.2. The Bertz CT molecular complexity index is 3850. The molecule has 3 aromatic rings. The number of aromatic amines is 2. The molecule has 0 saturated carbocycles. The SMILES string of the molecule is O=S(=O)(O)C1=C(S(=O)(=O)O)C(S(=O)(=O)O)C(c2cc3cc4nc(cc5ccc(cc6nc(cc2[nH]3)C=C6)[nH]5)C(S(=O)(=O)O)=C4S(=O)(=O)O)(S(=O)(=O)O)C(S(=O)(=O)O)=C1S(=O)(=O)O.[Zn]. The molecular weight excluding hydrogens is 1070 g/mol. The number of nitrogens with one attached hydrogen (secondary N) is 2. The van der Waals surface area contributed by atoms with Gasteiger partial charge in [0.1, 0.15) is 29.4 Å². The molecule has 63 heavy (non-hydrogen) atoms. The topological polar surface area (TPSA) is 492 Å². The molecule has 0 spiro atoms. The number of aromatic nitrogens is 4. The quantitative estimate of drug-likeness (QED) is 0.0740. The van der Waals surface area contributed by atoms with Crippen LogP contribution in [-0.2, 0) is 105 Å². The van der Waals surface area contributed by atoms with Gasteiger partial charge in [-0.15, -0.1) is 0 Å². The fourth-order valence-corrected chi connectivity index (χ4v) is 18.6. The molecule has 0 saturated heterocycles. The van der Waals surface area contributed by atoms with Crippen molar-refractivity contribution >= 4 is 125 Å². The van der Waals surface area contributed by atoms with Crippen LogP contribution in [0.3, 0.4) is 0 Å². The van der Waals surface area contributed by atoms with Crippen molar-refractivity contribution in [1.29, 1.82) is 0 Å². The molecule has 28 nitrogen and oxygen atoms in total. The fourth-order valence-electron chi connectivity index (χ4n) is 6.75. The van der Waals surface area contributed by atoms with Gasteiger partial charge in [0.25, 0.3) is 80.9 Å². The summed E-state index contributed by atoms with van der Waals surface area (Å²) in [6, 6.07) is 5.38. The number of nitrogens with zero attached hydrogens (tertiary/aromatic N) is 2. The van der Waals surface area contributed by atoms with Crippen molar-refractivity contribution in [3.05, 3.63) is 90.4 Å². The van der Waals surface area contributed by atoms with Crippen molar-refractivity contribution in [2.45, 2.75) is 10.00 Å². The Balaban J connectivity index is 0.00000748. The Morgan fingerprint density at radius 2 is 0.921 bits per heavy atom. The molecule has 5 heterocycles. The zero-order chi connectivity index (χ0) is 46.9. The van der Waals surface area contributed by atoms with Crippen LogP contribution >= 0.6 is 0 Å². The first-order chi connectivity index (χ1) is 27.8. The number of H-pyrrole nitrogens is 2. The summed E-state index contributed by atoms with van der Waals surface area (Å²) < 4.78 is 286. The van der Waals surface area contributed by atoms with Crippen LogP contribution in [0.4, 0.5) is 0 Å². The molecule has 2 unspecified atom stereocenters. The van der Waals surface area contributed by atoms with Crippen LogP contribution in [0, 0.1) is 0 Å². The van der Waals surface area contributed by atoms with Gasteiger partial charge < -0.3 is 9.97 Å². The third-order valence-electron chi connectivity index (χ3n) is 8.63. The molecule has 0 aromatic carbocycles. The predicted octanol–water partition coefficient (Wildman–Crippen LogP) is -0.588. The molecule has 2 aliphatic heterocycles. The molecule has 37 heteroatoms. The molecule has 3 aromatic heterocycles. The van der Waals surface area contributed by atoms with Crippen LogP contribution in [0.2, 0.25) is 0 Å². The van der Waals surface area contributed by atoms with E-state index in [1.165, 1.54) is 24.3 Å². The minimum Gasteiger partial charge on any atom is -0.355 e. The van der Waals surface area contributed by atoms with Crippen LogP contribution in [0.1, 0.15) is 28.3 Å². The van der Waals surface area contributed by atoms with Crippen LogP contribution < -0.4 is 0 Å². The number of rotatable bonds is 9. The van der Waals surface area contributed by atoms with Gasteiger partial charge in [-0.1, -0.05) is 0 Å². The van der Waals surface area contributed by atoms with E-state index in [2.05, 4.69) is 19.9 Å². The Morgan fingerprint density at radius 3 is 1.33 bits per heavy atom. The molecular formula is C26H20N4O24S8Zn. The molecule has 2 atom stereocenters. The van der Waals surface area contributed by atoms with Gasteiger partial charge >= 0.3 is 0 Å². The van der Waals surface area contributed by atoms with Gasteiger partial charge in [0.15, 0.2) is 10.00 Å². The van der Waals surface area contributed by atoms with Crippen molar-refractivity contribution in [3.8, 4) is 0 Å². The third-order valence-corrected chi connectivity index (χ3v) is 18.0. The molecule has 3 aliphatic rings. The monoisotopic (exact) mass is 1090 g/mol. The number of hydrogen-bond donors (Lipinski definition) is 10. The Hall–Kier alpha value is -4.02. The molecule has 0 fully saturated rings. The summed E-state index contributed by atoms with van der Waals surface area (Å²) in [7, 11) is -54.5. The Labute approximate surface area is 366 Å². The van der Waals surface area contributed by atoms with Crippen molar-refractivity contribution in [2.24, 2.45) is 0 Å². The second-order valence-electron chi connectivity index (χ2n) is 12.6. The van der Waals surface area contributed by atoms with Crippen LogP contribution in [-0.4, -0.2) is 129 Å². The summed E-state index contributed by atoms with van der Waals surface area (Å²) in [4.78, 5) is -3.70. The van der Waals surface area contributed by atoms with E-state index in [-0.39, 0.29) is 48.3 Å². The minimum absolute atomic E-state index is 0. The number of fused-ring (bicyclic) bond motifs is 8. The minimum atomic E-state index is -7.36. The van der Waals surface area contributed by atoms with Gasteiger partial charge in [0, 0.05) is 47.1 Å². The molecule has 338 valence electrons. The molecule has 0 radical (unpaired) electrons. The molecule has 6 rings (SSSR count). The summed E-state index contributed by atoms with van der Waals surface area (Å²) in [5.74, 6) is 0. The standard InChI is InChI=1S/C26H20N4O24S8.Zn/c31-55(32,33)19-17-8-13-4-2-11(28-13)5-10-1-3-12(27-10)7-16-15(6-14(29-16)9-18(30-17)20(19)56(34,35)36)26(62(52,53)54)24(60(46,47)48)22(58(40,41)42)21(57(37,38)39)23(59(43,44)45)25(26)61(49,50)51;/h1-9,24,28-29H,(H,31,32,33)(H,34,35,36)(H,37,38,39)(H,40,41,42)(H,43,44,45)(H,46,47,48)(H,49,50,51)(H,52,53,54);. The molecule has 1 aliphatic carbocycles. The van der Waals surface area contributed by atoms with Crippen molar-refractivity contribution in [1.82, 2.24) is 19.9 Å². The molecule has 8 bridgehead atoms. The second-order valence-corrected chi connectivity index (χ2v) is 23.9. The summed E-state index contributed by atoms with van der Waals surface area (Å²) in [6.07, 6.45) is 2.22. The van der Waals surface area contributed by atoms with E-state index in [1.54, 1.807) is 0 Å². The van der Waals surface area contributed by atoms with E-state index >= 15 is 0 Å². The maximum Gasteiger partial charge on any atom is 0.298 e. The number of hydrogen-bond acceptors (Lipinski definition) is 18. The third kappa shape index (κ3) is 8.89. The van der Waals surface area contributed by atoms with Gasteiger partial charge in [-0.25, -0.2) is 9.97 Å². The van der Waals surface area contributed by atoms with E-state index < -0.39 is 154 Å². The van der Waals surface area contributed by atoms with Gasteiger partial charge in [-0.2, -0.15) is 67.3 Å². The van der Waals surface area contributed by atoms with Crippen molar-refractivity contribution in [2.75, 3.05) is 0 Å². The Morgan fingerprint density at radius 1 is 0.476 bits per heavy atom. The summed E-state index contributed by atoms with van der Waals surface area (Å²) >= 11 is 0. The van der Waals surface area contributed by atoms with Gasteiger partial charge in [0.05, 0.1) is 22.8 Å². The van der Waals surface area contributed by atoms with E-state index in [1.807, 2.05) is 0 Å². The summed E-state index contributed by atoms with van der Waals surface area (Å²) in [5.41, 5.74) is -7.17. The Kier molecular flexibility index (Phi) is 12.1. The zero-order valence-corrected chi connectivity index (χ0v) is 39.2. The predicted molar refractivity (Wildman–Crippen MR) is 209 cm³/mol. The van der Waals surface area contributed by atoms with Crippen LogP contribution in [0.5, 0.6) is 0 Å².